The Morgan fingerprint density at radius 1 is 1.00 bits per heavy atom. The average molecular weight is 441 g/mol. The molecule has 3 aromatic rings. The molecule has 0 unspecified atom stereocenters. The van der Waals surface area contributed by atoms with Crippen LogP contribution in [0.5, 0.6) is 5.75 Å². The Kier molecular flexibility index (Phi) is 7.82. The molecule has 32 heavy (non-hydrogen) atoms. The third kappa shape index (κ3) is 5.08. The number of anilines is 1. The zero-order valence-corrected chi connectivity index (χ0v) is 19.4. The summed E-state index contributed by atoms with van der Waals surface area (Å²) >= 11 is 0. The average Bonchev–Trinajstić information content (AvgIpc) is 3.29. The van der Waals surface area contributed by atoms with Gasteiger partial charge in [-0.05, 0) is 69.0 Å². The maximum absolute atomic E-state index is 9.60. The summed E-state index contributed by atoms with van der Waals surface area (Å²) in [5.41, 5.74) is 4.50. The Morgan fingerprint density at radius 3 is 2.25 bits per heavy atom. The van der Waals surface area contributed by atoms with E-state index in [1.807, 2.05) is 39.0 Å². The first kappa shape index (κ1) is 23.7. The van der Waals surface area contributed by atoms with Crippen molar-refractivity contribution in [3.05, 3.63) is 41.1 Å². The van der Waals surface area contributed by atoms with E-state index >= 15 is 0 Å². The van der Waals surface area contributed by atoms with Crippen molar-refractivity contribution < 1.29 is 19.4 Å². The Bertz CT molecular complexity index is 1050. The van der Waals surface area contributed by atoms with Gasteiger partial charge in [-0.3, -0.25) is 0 Å². The topological polar surface area (TPSA) is 105 Å². The van der Waals surface area contributed by atoms with Gasteiger partial charge < -0.3 is 24.3 Å². The Balaban J connectivity index is 1.88. The lowest BCUT2D eigenvalue weighted by Gasteiger charge is -2.21. The molecule has 0 fully saturated rings. The van der Waals surface area contributed by atoms with E-state index in [0.717, 1.165) is 53.1 Å². The van der Waals surface area contributed by atoms with Gasteiger partial charge in [-0.1, -0.05) is 6.92 Å². The van der Waals surface area contributed by atoms with E-state index in [0.29, 0.717) is 17.5 Å². The lowest BCUT2D eigenvalue weighted by atomic mass is 10.0. The molecule has 0 radical (unpaired) electrons. The molecule has 2 heterocycles. The summed E-state index contributed by atoms with van der Waals surface area (Å²) in [6.45, 7) is 11.7. The first-order valence-electron chi connectivity index (χ1n) is 11.0. The van der Waals surface area contributed by atoms with Gasteiger partial charge in [0.25, 0.3) is 0 Å². The second-order valence-electron chi connectivity index (χ2n) is 7.73. The number of aliphatic hydroxyl groups is 2. The first-order valence-corrected chi connectivity index (χ1v) is 11.0. The Hall–Kier alpha value is -2.97. The standard InChI is InChI=1S/C24H32N4O4/c1-6-17-11-18(9-15(4)21(17)31-14-20(30)13-29)23-26-27-24(32-23)19-10-16(5)22(25-12-19)28(7-2)8-3/h9-12,20,29-30H,6-8,13-14H2,1-5H3/t20-/m0/s1. The summed E-state index contributed by atoms with van der Waals surface area (Å²) in [6.07, 6.45) is 1.59. The van der Waals surface area contributed by atoms with Gasteiger partial charge in [-0.2, -0.15) is 0 Å². The highest BCUT2D eigenvalue weighted by atomic mass is 16.5. The van der Waals surface area contributed by atoms with E-state index in [9.17, 15) is 5.11 Å². The van der Waals surface area contributed by atoms with Crippen molar-refractivity contribution in [2.24, 2.45) is 0 Å². The van der Waals surface area contributed by atoms with Crippen LogP contribution in [-0.2, 0) is 6.42 Å². The monoisotopic (exact) mass is 440 g/mol. The van der Waals surface area contributed by atoms with E-state index in [-0.39, 0.29) is 13.2 Å². The van der Waals surface area contributed by atoms with Crippen LogP contribution in [-0.4, -0.2) is 57.8 Å². The molecule has 0 spiro atoms. The van der Waals surface area contributed by atoms with Crippen LogP contribution in [0.2, 0.25) is 0 Å². The largest absolute Gasteiger partial charge is 0.490 e. The smallest absolute Gasteiger partial charge is 0.249 e. The summed E-state index contributed by atoms with van der Waals surface area (Å²) in [4.78, 5) is 6.82. The van der Waals surface area contributed by atoms with Gasteiger partial charge in [0, 0.05) is 24.8 Å². The number of benzene rings is 1. The Labute approximate surface area is 188 Å². The molecule has 3 rings (SSSR count). The summed E-state index contributed by atoms with van der Waals surface area (Å²) in [6, 6.07) is 5.89. The predicted octanol–water partition coefficient (Wildman–Crippen LogP) is 3.56. The van der Waals surface area contributed by atoms with Crippen molar-refractivity contribution in [3.8, 4) is 28.7 Å². The van der Waals surface area contributed by atoms with Crippen molar-refractivity contribution >= 4 is 5.82 Å². The van der Waals surface area contributed by atoms with Gasteiger partial charge in [-0.25, -0.2) is 4.98 Å². The predicted molar refractivity (Wildman–Crippen MR) is 124 cm³/mol. The van der Waals surface area contributed by atoms with Crippen LogP contribution in [0.25, 0.3) is 22.9 Å². The molecular weight excluding hydrogens is 408 g/mol. The van der Waals surface area contributed by atoms with Crippen molar-refractivity contribution in [2.45, 2.75) is 47.1 Å². The minimum atomic E-state index is -0.914. The number of hydrogen-bond donors (Lipinski definition) is 2. The van der Waals surface area contributed by atoms with Crippen molar-refractivity contribution in [1.29, 1.82) is 0 Å². The van der Waals surface area contributed by atoms with Crippen LogP contribution in [0, 0.1) is 13.8 Å². The van der Waals surface area contributed by atoms with Crippen molar-refractivity contribution in [2.75, 3.05) is 31.2 Å². The van der Waals surface area contributed by atoms with Crippen molar-refractivity contribution in [3.63, 3.8) is 0 Å². The molecule has 0 aliphatic heterocycles. The van der Waals surface area contributed by atoms with Crippen LogP contribution >= 0.6 is 0 Å². The molecule has 2 aromatic heterocycles. The number of hydrogen-bond acceptors (Lipinski definition) is 8. The van der Waals surface area contributed by atoms with Gasteiger partial charge in [-0.15, -0.1) is 10.2 Å². The number of nitrogens with zero attached hydrogens (tertiary/aromatic N) is 4. The quantitative estimate of drug-likeness (QED) is 0.493. The van der Waals surface area contributed by atoms with Gasteiger partial charge >= 0.3 is 0 Å². The molecule has 0 bridgehead atoms. The summed E-state index contributed by atoms with van der Waals surface area (Å²) < 4.78 is 11.7. The van der Waals surface area contributed by atoms with Crippen molar-refractivity contribution in [1.82, 2.24) is 15.2 Å². The van der Waals surface area contributed by atoms with E-state index in [2.05, 4.69) is 33.9 Å². The lowest BCUT2D eigenvalue weighted by molar-refractivity contribution is 0.0531. The second kappa shape index (κ2) is 10.6. The number of ether oxygens (including phenoxy) is 1. The van der Waals surface area contributed by atoms with Crippen LogP contribution in [0.3, 0.4) is 0 Å². The van der Waals surface area contributed by atoms with Crippen LogP contribution in [0.4, 0.5) is 5.82 Å². The second-order valence-corrected chi connectivity index (χ2v) is 7.73. The number of pyridine rings is 1. The van der Waals surface area contributed by atoms with Gasteiger partial charge in [0.05, 0.1) is 12.2 Å². The first-order chi connectivity index (χ1) is 15.4. The van der Waals surface area contributed by atoms with Gasteiger partial charge in [0.2, 0.25) is 11.8 Å². The fourth-order valence-corrected chi connectivity index (χ4v) is 3.67. The molecule has 0 saturated heterocycles. The molecule has 8 heteroatoms. The SMILES string of the molecule is CCc1cc(-c2nnc(-c3cnc(N(CC)CC)c(C)c3)o2)cc(C)c1OC[C@@H](O)CO. The molecule has 2 N–H and O–H groups in total. The zero-order valence-electron chi connectivity index (χ0n) is 19.4. The summed E-state index contributed by atoms with van der Waals surface area (Å²) in [5.74, 6) is 2.51. The molecule has 0 aliphatic carbocycles. The maximum Gasteiger partial charge on any atom is 0.249 e. The van der Waals surface area contributed by atoms with E-state index in [4.69, 9.17) is 14.3 Å². The number of aliphatic hydroxyl groups excluding tert-OH is 2. The molecule has 172 valence electrons. The summed E-state index contributed by atoms with van der Waals surface area (Å²) in [5, 5.41) is 27.1. The Morgan fingerprint density at radius 2 is 1.66 bits per heavy atom. The molecular formula is C24H32N4O4. The van der Waals surface area contributed by atoms with Gasteiger partial charge in [0.1, 0.15) is 24.3 Å². The zero-order chi connectivity index (χ0) is 23.3. The maximum atomic E-state index is 9.60. The summed E-state index contributed by atoms with van der Waals surface area (Å²) in [7, 11) is 0. The normalized spacial score (nSPS) is 12.1. The minimum Gasteiger partial charge on any atom is -0.490 e. The van der Waals surface area contributed by atoms with E-state index in [1.54, 1.807) is 6.20 Å². The van der Waals surface area contributed by atoms with Crippen LogP contribution in [0.15, 0.2) is 28.8 Å². The molecule has 1 atom stereocenters. The van der Waals surface area contributed by atoms with E-state index in [1.165, 1.54) is 0 Å². The van der Waals surface area contributed by atoms with Crippen LogP contribution < -0.4 is 9.64 Å². The molecule has 1 aromatic carbocycles. The number of aromatic nitrogens is 3. The molecule has 0 aliphatic rings. The highest BCUT2D eigenvalue weighted by Gasteiger charge is 2.17. The third-order valence-corrected chi connectivity index (χ3v) is 5.40. The van der Waals surface area contributed by atoms with E-state index < -0.39 is 6.10 Å². The number of aryl methyl sites for hydroxylation is 3. The highest BCUT2D eigenvalue weighted by Crippen LogP contribution is 2.32. The fraction of sp³-hybridized carbons (Fsp3) is 0.458. The molecule has 0 amide bonds. The molecule has 0 saturated carbocycles. The lowest BCUT2D eigenvalue weighted by Crippen LogP contribution is -2.23. The van der Waals surface area contributed by atoms with Crippen LogP contribution in [0.1, 0.15) is 37.5 Å². The fourth-order valence-electron chi connectivity index (χ4n) is 3.67. The highest BCUT2D eigenvalue weighted by molar-refractivity contribution is 5.63. The third-order valence-electron chi connectivity index (χ3n) is 5.40. The van der Waals surface area contributed by atoms with Gasteiger partial charge in [0.15, 0.2) is 0 Å². The minimum absolute atomic E-state index is 0.0320. The number of rotatable bonds is 10. The molecule has 8 nitrogen and oxygen atoms in total.